The number of nitrogens with zero attached hydrogens (tertiary/aromatic N) is 3. The van der Waals surface area contributed by atoms with Gasteiger partial charge in [0.25, 0.3) is 5.91 Å². The number of nitrogens with one attached hydrogen (secondary N) is 1. The van der Waals surface area contributed by atoms with Gasteiger partial charge in [-0.3, -0.25) is 4.79 Å². The van der Waals surface area contributed by atoms with Crippen LogP contribution in [0.1, 0.15) is 44.0 Å². The van der Waals surface area contributed by atoms with Gasteiger partial charge in [-0.1, -0.05) is 25.5 Å². The molecule has 0 saturated carbocycles. The van der Waals surface area contributed by atoms with Crippen LogP contribution in [0, 0.1) is 0 Å². The van der Waals surface area contributed by atoms with E-state index in [9.17, 15) is 4.79 Å². The van der Waals surface area contributed by atoms with Gasteiger partial charge in [0.1, 0.15) is 11.5 Å². The first-order valence-electron chi connectivity index (χ1n) is 10.00. The van der Waals surface area contributed by atoms with Crippen LogP contribution in [0.5, 0.6) is 11.5 Å². The molecule has 0 aliphatic heterocycles. The second kappa shape index (κ2) is 9.78. The number of unbranched alkanes of at least 4 members (excludes halogenated alkanes) is 1. The molecule has 0 bridgehead atoms. The molecule has 8 heteroatoms. The highest BCUT2D eigenvalue weighted by Gasteiger charge is 2.17. The Kier molecular flexibility index (Phi) is 6.90. The molecule has 0 fully saturated rings. The lowest BCUT2D eigenvalue weighted by molar-refractivity contribution is 0.0947. The first-order valence-corrected chi connectivity index (χ1v) is 10.00. The van der Waals surface area contributed by atoms with Gasteiger partial charge in [0, 0.05) is 17.3 Å². The third-order valence-electron chi connectivity index (χ3n) is 4.13. The lowest BCUT2D eigenvalue weighted by atomic mass is 10.2. The number of benzene rings is 2. The van der Waals surface area contributed by atoms with Gasteiger partial charge in [-0.05, 0) is 50.6 Å². The summed E-state index contributed by atoms with van der Waals surface area (Å²) in [7, 11) is 0. The van der Waals surface area contributed by atoms with Crippen LogP contribution in [0.25, 0.3) is 0 Å². The van der Waals surface area contributed by atoms with Crippen molar-refractivity contribution in [2.75, 3.05) is 17.7 Å². The SMILES string of the molecule is CCCCOc1cccc(Nc2nc(N)n(C(=O)c3cccc(OC(C)C)c3)n2)c1. The second-order valence-electron chi connectivity index (χ2n) is 7.06. The first-order chi connectivity index (χ1) is 14.5. The van der Waals surface area contributed by atoms with Crippen LogP contribution in [0.4, 0.5) is 17.6 Å². The average Bonchev–Trinajstić information content (AvgIpc) is 3.07. The molecule has 3 aromatic rings. The molecule has 8 nitrogen and oxygen atoms in total. The third kappa shape index (κ3) is 5.50. The largest absolute Gasteiger partial charge is 0.494 e. The van der Waals surface area contributed by atoms with Gasteiger partial charge in [-0.2, -0.15) is 9.67 Å². The number of hydrogen-bond donors (Lipinski definition) is 2. The Morgan fingerprint density at radius 1 is 1.17 bits per heavy atom. The molecule has 0 amide bonds. The van der Waals surface area contributed by atoms with Crippen molar-refractivity contribution in [3.8, 4) is 11.5 Å². The predicted molar refractivity (Wildman–Crippen MR) is 116 cm³/mol. The van der Waals surface area contributed by atoms with Crippen LogP contribution in [0.15, 0.2) is 48.5 Å². The van der Waals surface area contributed by atoms with Gasteiger partial charge in [0.05, 0.1) is 12.7 Å². The number of carbonyl (C=O) groups is 1. The summed E-state index contributed by atoms with van der Waals surface area (Å²) >= 11 is 0. The molecule has 0 spiro atoms. The van der Waals surface area contributed by atoms with Gasteiger partial charge >= 0.3 is 0 Å². The molecule has 0 aliphatic rings. The molecule has 1 aromatic heterocycles. The maximum atomic E-state index is 12.8. The van der Waals surface area contributed by atoms with Crippen molar-refractivity contribution in [2.45, 2.75) is 39.7 Å². The fourth-order valence-corrected chi connectivity index (χ4v) is 2.75. The van der Waals surface area contributed by atoms with E-state index in [2.05, 4.69) is 22.3 Å². The van der Waals surface area contributed by atoms with Crippen molar-refractivity contribution in [1.82, 2.24) is 14.8 Å². The molecule has 1 heterocycles. The lowest BCUT2D eigenvalue weighted by Gasteiger charge is -2.10. The molecule has 158 valence electrons. The molecule has 0 unspecified atom stereocenters. The highest BCUT2D eigenvalue weighted by Crippen LogP contribution is 2.22. The van der Waals surface area contributed by atoms with E-state index in [1.165, 1.54) is 0 Å². The number of nitrogen functional groups attached to an aromatic ring is 1. The summed E-state index contributed by atoms with van der Waals surface area (Å²) in [6, 6.07) is 14.4. The molecular weight excluding hydrogens is 382 g/mol. The number of carbonyl (C=O) groups excluding carboxylic acids is 1. The monoisotopic (exact) mass is 409 g/mol. The molecular formula is C22H27N5O3. The van der Waals surface area contributed by atoms with E-state index in [0.29, 0.717) is 17.9 Å². The summed E-state index contributed by atoms with van der Waals surface area (Å²) in [5.41, 5.74) is 7.08. The minimum Gasteiger partial charge on any atom is -0.494 e. The fraction of sp³-hybridized carbons (Fsp3) is 0.318. The van der Waals surface area contributed by atoms with Gasteiger partial charge in [-0.15, -0.1) is 5.10 Å². The van der Waals surface area contributed by atoms with Gasteiger partial charge < -0.3 is 20.5 Å². The third-order valence-corrected chi connectivity index (χ3v) is 4.13. The van der Waals surface area contributed by atoms with Gasteiger partial charge in [0.15, 0.2) is 0 Å². The van der Waals surface area contributed by atoms with Crippen LogP contribution in [0.2, 0.25) is 0 Å². The number of anilines is 3. The Morgan fingerprint density at radius 3 is 2.70 bits per heavy atom. The number of rotatable bonds is 9. The summed E-state index contributed by atoms with van der Waals surface area (Å²) in [4.78, 5) is 17.0. The maximum Gasteiger partial charge on any atom is 0.281 e. The van der Waals surface area contributed by atoms with Crippen molar-refractivity contribution in [1.29, 1.82) is 0 Å². The van der Waals surface area contributed by atoms with Crippen molar-refractivity contribution >= 4 is 23.5 Å². The Balaban J connectivity index is 1.74. The molecule has 30 heavy (non-hydrogen) atoms. The average molecular weight is 409 g/mol. The zero-order chi connectivity index (χ0) is 21.5. The molecule has 0 radical (unpaired) electrons. The van der Waals surface area contributed by atoms with E-state index in [1.54, 1.807) is 24.3 Å². The number of hydrogen-bond acceptors (Lipinski definition) is 7. The highest BCUT2D eigenvalue weighted by molar-refractivity contribution is 5.97. The van der Waals surface area contributed by atoms with Crippen molar-refractivity contribution in [3.05, 3.63) is 54.1 Å². The van der Waals surface area contributed by atoms with Crippen LogP contribution in [0.3, 0.4) is 0 Å². The lowest BCUT2D eigenvalue weighted by Crippen LogP contribution is -2.16. The molecule has 0 saturated heterocycles. The van der Waals surface area contributed by atoms with Crippen molar-refractivity contribution < 1.29 is 14.3 Å². The summed E-state index contributed by atoms with van der Waals surface area (Å²) < 4.78 is 12.4. The van der Waals surface area contributed by atoms with Crippen molar-refractivity contribution in [2.24, 2.45) is 0 Å². The zero-order valence-corrected chi connectivity index (χ0v) is 17.5. The van der Waals surface area contributed by atoms with Crippen LogP contribution in [-0.2, 0) is 0 Å². The van der Waals surface area contributed by atoms with E-state index >= 15 is 0 Å². The molecule has 0 atom stereocenters. The predicted octanol–water partition coefficient (Wildman–Crippen LogP) is 4.26. The topological polar surface area (TPSA) is 104 Å². The van der Waals surface area contributed by atoms with Crippen LogP contribution < -0.4 is 20.5 Å². The van der Waals surface area contributed by atoms with E-state index < -0.39 is 0 Å². The van der Waals surface area contributed by atoms with Gasteiger partial charge in [-0.25, -0.2) is 0 Å². The number of aromatic nitrogens is 3. The second-order valence-corrected chi connectivity index (χ2v) is 7.06. The number of ether oxygens (including phenoxy) is 2. The van der Waals surface area contributed by atoms with Crippen LogP contribution in [-0.4, -0.2) is 33.4 Å². The highest BCUT2D eigenvalue weighted by atomic mass is 16.5. The van der Waals surface area contributed by atoms with E-state index in [0.717, 1.165) is 29.0 Å². The summed E-state index contributed by atoms with van der Waals surface area (Å²) in [6.45, 7) is 6.62. The molecule has 3 rings (SSSR count). The van der Waals surface area contributed by atoms with Gasteiger partial charge in [0.2, 0.25) is 11.9 Å². The maximum absolute atomic E-state index is 12.8. The first kappa shape index (κ1) is 21.2. The summed E-state index contributed by atoms with van der Waals surface area (Å²) in [5.74, 6) is 1.18. The Bertz CT molecular complexity index is 1000. The van der Waals surface area contributed by atoms with E-state index in [-0.39, 0.29) is 23.9 Å². The Morgan fingerprint density at radius 2 is 1.93 bits per heavy atom. The van der Waals surface area contributed by atoms with Crippen molar-refractivity contribution in [3.63, 3.8) is 0 Å². The fourth-order valence-electron chi connectivity index (χ4n) is 2.75. The smallest absolute Gasteiger partial charge is 0.281 e. The molecule has 3 N–H and O–H groups in total. The summed E-state index contributed by atoms with van der Waals surface area (Å²) in [5, 5.41) is 7.28. The quantitative estimate of drug-likeness (QED) is 0.509. The number of nitrogens with two attached hydrogens (primary N) is 1. The van der Waals surface area contributed by atoms with E-state index in [1.807, 2.05) is 38.1 Å². The summed E-state index contributed by atoms with van der Waals surface area (Å²) in [6.07, 6.45) is 2.06. The minimum atomic E-state index is -0.390. The molecule has 2 aromatic carbocycles. The normalized spacial score (nSPS) is 10.8. The van der Waals surface area contributed by atoms with Crippen LogP contribution >= 0.6 is 0 Å². The Labute approximate surface area is 176 Å². The molecule has 0 aliphatic carbocycles. The Hall–Kier alpha value is -3.55. The standard InChI is InChI=1S/C22H27N5O3/c1-4-5-12-29-18-10-7-9-17(14-18)24-22-25-21(23)27(26-22)20(28)16-8-6-11-19(13-16)30-15(2)3/h6-11,13-15H,4-5,12H2,1-3H3,(H3,23,24,25,26). The minimum absolute atomic E-state index is 0.00399. The van der Waals surface area contributed by atoms with E-state index in [4.69, 9.17) is 15.2 Å². The zero-order valence-electron chi connectivity index (χ0n) is 17.5.